The SMILES string of the molecule is COc1ccc(CNCCC23CC4CC(CC2C4)C3)cc1. The van der Waals surface area contributed by atoms with E-state index in [0.29, 0.717) is 0 Å². The van der Waals surface area contributed by atoms with Crippen LogP contribution in [0, 0.1) is 23.2 Å². The zero-order valence-electron chi connectivity index (χ0n) is 13.1. The Balaban J connectivity index is 1.26. The van der Waals surface area contributed by atoms with Gasteiger partial charge in [-0.2, -0.15) is 0 Å². The summed E-state index contributed by atoms with van der Waals surface area (Å²) >= 11 is 0. The van der Waals surface area contributed by atoms with E-state index in [4.69, 9.17) is 4.74 Å². The van der Waals surface area contributed by atoms with Gasteiger partial charge < -0.3 is 10.1 Å². The molecule has 21 heavy (non-hydrogen) atoms. The van der Waals surface area contributed by atoms with Crippen molar-refractivity contribution < 1.29 is 4.74 Å². The molecule has 0 heterocycles. The standard InChI is InChI=1S/C19H27NO/c1-21-18-4-2-14(3-5-18)13-20-7-6-19-11-15-8-16(12-19)10-17(19)9-15/h2-5,15-17,20H,6-13H2,1H3. The first kappa shape index (κ1) is 13.6. The van der Waals surface area contributed by atoms with Gasteiger partial charge in [-0.25, -0.2) is 0 Å². The summed E-state index contributed by atoms with van der Waals surface area (Å²) in [6.45, 7) is 2.17. The van der Waals surface area contributed by atoms with Crippen molar-refractivity contribution in [3.63, 3.8) is 0 Å². The summed E-state index contributed by atoms with van der Waals surface area (Å²) in [5, 5.41) is 3.66. The molecule has 0 aromatic heterocycles. The Morgan fingerprint density at radius 1 is 1.10 bits per heavy atom. The van der Waals surface area contributed by atoms with Crippen LogP contribution in [-0.2, 0) is 6.54 Å². The van der Waals surface area contributed by atoms with Crippen LogP contribution in [0.5, 0.6) is 5.75 Å². The van der Waals surface area contributed by atoms with Crippen LogP contribution in [0.3, 0.4) is 0 Å². The van der Waals surface area contributed by atoms with Crippen molar-refractivity contribution in [3.8, 4) is 5.75 Å². The molecular formula is C19H27NO. The fourth-order valence-electron chi connectivity index (χ4n) is 5.69. The fourth-order valence-corrected chi connectivity index (χ4v) is 5.69. The molecule has 4 aliphatic carbocycles. The second kappa shape index (κ2) is 5.31. The van der Waals surface area contributed by atoms with Crippen LogP contribution in [0.2, 0.25) is 0 Å². The Hall–Kier alpha value is -1.02. The summed E-state index contributed by atoms with van der Waals surface area (Å²) in [6, 6.07) is 8.42. The lowest BCUT2D eigenvalue weighted by Gasteiger charge is -2.33. The van der Waals surface area contributed by atoms with Crippen molar-refractivity contribution >= 4 is 0 Å². The maximum absolute atomic E-state index is 5.20. The minimum absolute atomic E-state index is 0.737. The number of benzene rings is 1. The lowest BCUT2D eigenvalue weighted by atomic mass is 9.73. The van der Waals surface area contributed by atoms with Gasteiger partial charge in [-0.15, -0.1) is 0 Å². The molecule has 1 N–H and O–H groups in total. The molecule has 5 rings (SSSR count). The van der Waals surface area contributed by atoms with Crippen LogP contribution in [-0.4, -0.2) is 13.7 Å². The van der Waals surface area contributed by atoms with Gasteiger partial charge in [0, 0.05) is 6.54 Å². The molecule has 2 nitrogen and oxygen atoms in total. The molecule has 2 atom stereocenters. The monoisotopic (exact) mass is 285 g/mol. The number of hydrogen-bond acceptors (Lipinski definition) is 2. The van der Waals surface area contributed by atoms with Crippen LogP contribution < -0.4 is 10.1 Å². The van der Waals surface area contributed by atoms with E-state index >= 15 is 0 Å². The highest BCUT2D eigenvalue weighted by Crippen LogP contribution is 2.66. The third-order valence-electron chi connectivity index (χ3n) is 6.45. The van der Waals surface area contributed by atoms with E-state index in [9.17, 15) is 0 Å². The van der Waals surface area contributed by atoms with Crippen molar-refractivity contribution in [1.29, 1.82) is 0 Å². The average Bonchev–Trinajstić information content (AvgIpc) is 2.89. The molecule has 0 saturated heterocycles. The number of nitrogens with one attached hydrogen (secondary N) is 1. The Morgan fingerprint density at radius 2 is 1.81 bits per heavy atom. The molecule has 4 saturated carbocycles. The first-order chi connectivity index (χ1) is 10.3. The highest BCUT2D eigenvalue weighted by molar-refractivity contribution is 5.27. The molecule has 114 valence electrons. The van der Waals surface area contributed by atoms with Gasteiger partial charge in [0.2, 0.25) is 0 Å². The average molecular weight is 285 g/mol. The predicted octanol–water partition coefficient (Wildman–Crippen LogP) is 4.00. The number of hydrogen-bond donors (Lipinski definition) is 1. The molecule has 2 heteroatoms. The zero-order valence-corrected chi connectivity index (χ0v) is 13.1. The molecule has 0 amide bonds. The van der Waals surface area contributed by atoms with E-state index in [1.807, 2.05) is 12.1 Å². The Kier molecular flexibility index (Phi) is 3.45. The first-order valence-corrected chi connectivity index (χ1v) is 8.61. The lowest BCUT2D eigenvalue weighted by Crippen LogP contribution is -2.28. The van der Waals surface area contributed by atoms with Crippen molar-refractivity contribution in [1.82, 2.24) is 5.32 Å². The van der Waals surface area contributed by atoms with Crippen LogP contribution in [0.4, 0.5) is 0 Å². The Labute approximate surface area is 128 Å². The van der Waals surface area contributed by atoms with E-state index < -0.39 is 0 Å². The van der Waals surface area contributed by atoms with Crippen molar-refractivity contribution in [3.05, 3.63) is 29.8 Å². The maximum atomic E-state index is 5.20. The van der Waals surface area contributed by atoms with Gasteiger partial charge >= 0.3 is 0 Å². The quantitative estimate of drug-likeness (QED) is 0.798. The van der Waals surface area contributed by atoms with Gasteiger partial charge in [-0.1, -0.05) is 12.1 Å². The Bertz CT molecular complexity index is 481. The number of ether oxygens (including phenoxy) is 1. The van der Waals surface area contributed by atoms with Crippen LogP contribution >= 0.6 is 0 Å². The van der Waals surface area contributed by atoms with Gasteiger partial charge in [-0.05, 0) is 85.9 Å². The minimum Gasteiger partial charge on any atom is -0.497 e. The second-order valence-electron chi connectivity index (χ2n) is 7.68. The molecule has 1 aromatic carbocycles. The summed E-state index contributed by atoms with van der Waals surface area (Å²) in [6.07, 6.45) is 9.14. The lowest BCUT2D eigenvalue weighted by molar-refractivity contribution is 0.183. The van der Waals surface area contributed by atoms with Crippen molar-refractivity contribution in [2.75, 3.05) is 13.7 Å². The highest BCUT2D eigenvalue weighted by atomic mass is 16.5. The maximum Gasteiger partial charge on any atom is 0.118 e. The third-order valence-corrected chi connectivity index (χ3v) is 6.45. The molecule has 0 spiro atoms. The molecule has 0 aliphatic heterocycles. The van der Waals surface area contributed by atoms with E-state index in [-0.39, 0.29) is 0 Å². The largest absolute Gasteiger partial charge is 0.497 e. The second-order valence-corrected chi connectivity index (χ2v) is 7.68. The summed E-state index contributed by atoms with van der Waals surface area (Å²) in [7, 11) is 1.72. The van der Waals surface area contributed by atoms with Gasteiger partial charge in [0.15, 0.2) is 0 Å². The zero-order chi connectivity index (χ0) is 14.3. The summed E-state index contributed by atoms with van der Waals surface area (Å²) in [5.41, 5.74) is 2.09. The molecular weight excluding hydrogens is 258 g/mol. The summed E-state index contributed by atoms with van der Waals surface area (Å²) < 4.78 is 5.20. The van der Waals surface area contributed by atoms with Crippen molar-refractivity contribution in [2.24, 2.45) is 23.2 Å². The van der Waals surface area contributed by atoms with Gasteiger partial charge in [-0.3, -0.25) is 0 Å². The van der Waals surface area contributed by atoms with Gasteiger partial charge in [0.05, 0.1) is 7.11 Å². The molecule has 4 aliphatic rings. The van der Waals surface area contributed by atoms with E-state index in [0.717, 1.165) is 35.5 Å². The normalized spacial score (nSPS) is 36.3. The number of methoxy groups -OCH3 is 1. The summed E-state index contributed by atoms with van der Waals surface area (Å²) in [5.74, 6) is 4.19. The summed E-state index contributed by atoms with van der Waals surface area (Å²) in [4.78, 5) is 0. The topological polar surface area (TPSA) is 21.3 Å². The smallest absolute Gasteiger partial charge is 0.118 e. The van der Waals surface area contributed by atoms with E-state index in [2.05, 4.69) is 17.4 Å². The third kappa shape index (κ3) is 2.48. The molecule has 0 radical (unpaired) electrons. The highest BCUT2D eigenvalue weighted by Gasteiger charge is 2.56. The molecule has 1 aromatic rings. The van der Waals surface area contributed by atoms with Gasteiger partial charge in [0.1, 0.15) is 5.75 Å². The minimum atomic E-state index is 0.737. The predicted molar refractivity (Wildman–Crippen MR) is 85.3 cm³/mol. The molecule has 2 unspecified atom stereocenters. The van der Waals surface area contributed by atoms with Gasteiger partial charge in [0.25, 0.3) is 0 Å². The first-order valence-electron chi connectivity index (χ1n) is 8.61. The number of rotatable bonds is 6. The van der Waals surface area contributed by atoms with Crippen LogP contribution in [0.1, 0.15) is 44.1 Å². The van der Waals surface area contributed by atoms with E-state index in [1.54, 1.807) is 39.2 Å². The molecule has 4 fully saturated rings. The Morgan fingerprint density at radius 3 is 2.48 bits per heavy atom. The fraction of sp³-hybridized carbons (Fsp3) is 0.684. The van der Waals surface area contributed by atoms with E-state index in [1.165, 1.54) is 18.5 Å². The molecule has 4 bridgehead atoms. The van der Waals surface area contributed by atoms with Crippen molar-refractivity contribution in [2.45, 2.75) is 45.1 Å². The van der Waals surface area contributed by atoms with Crippen LogP contribution in [0.25, 0.3) is 0 Å². The van der Waals surface area contributed by atoms with Crippen LogP contribution in [0.15, 0.2) is 24.3 Å².